The van der Waals surface area contributed by atoms with E-state index >= 15 is 0 Å². The molecule has 1 unspecified atom stereocenters. The fourth-order valence-electron chi connectivity index (χ4n) is 2.00. The summed E-state index contributed by atoms with van der Waals surface area (Å²) in [5.41, 5.74) is 7.74. The maximum atomic E-state index is 11.8. The van der Waals surface area contributed by atoms with E-state index in [-0.39, 0.29) is 11.8 Å². The Labute approximate surface area is 101 Å². The minimum Gasteiger partial charge on any atom is -0.323 e. The van der Waals surface area contributed by atoms with Crippen LogP contribution in [0.4, 0.5) is 0 Å². The zero-order valence-corrected chi connectivity index (χ0v) is 10.6. The Hall–Kier alpha value is -0.520. The second-order valence-corrected chi connectivity index (χ2v) is 6.52. The van der Waals surface area contributed by atoms with Crippen LogP contribution < -0.4 is 5.73 Å². The molecular formula is C11H15NO2S2. The van der Waals surface area contributed by atoms with Crippen LogP contribution in [0, 0.1) is 0 Å². The summed E-state index contributed by atoms with van der Waals surface area (Å²) in [6.07, 6.45) is 1.52. The summed E-state index contributed by atoms with van der Waals surface area (Å²) in [6.45, 7) is 0. The second kappa shape index (κ2) is 4.39. The van der Waals surface area contributed by atoms with Crippen molar-refractivity contribution < 1.29 is 8.42 Å². The zero-order valence-electron chi connectivity index (χ0n) is 8.89. The highest BCUT2D eigenvalue weighted by Gasteiger charge is 2.23. The van der Waals surface area contributed by atoms with Crippen molar-refractivity contribution in [2.24, 2.45) is 5.73 Å². The molecule has 0 spiro atoms. The number of hydrogen-bond donors (Lipinski definition) is 2. The molecule has 0 aliphatic carbocycles. The Kier molecular flexibility index (Phi) is 3.28. The van der Waals surface area contributed by atoms with Gasteiger partial charge in [0.05, 0.1) is 10.6 Å². The molecule has 3 nitrogen and oxygen atoms in total. The summed E-state index contributed by atoms with van der Waals surface area (Å²) in [6, 6.07) is 5.26. The lowest BCUT2D eigenvalue weighted by molar-refractivity contribution is 0.586. The van der Waals surface area contributed by atoms with Gasteiger partial charge in [-0.2, -0.15) is 12.6 Å². The van der Waals surface area contributed by atoms with Gasteiger partial charge in [-0.25, -0.2) is 8.42 Å². The standard InChI is InChI=1S/C11H15NO2S2/c12-10(7-15)8-3-4-11-9(6-8)2-1-5-16(11,13)14/h3-4,6,10,15H,1-2,5,7,12H2. The molecule has 0 radical (unpaired) electrons. The molecule has 16 heavy (non-hydrogen) atoms. The SMILES string of the molecule is NC(CS)c1ccc2c(c1)CCCS2(=O)=O. The first-order valence-corrected chi connectivity index (χ1v) is 7.55. The summed E-state index contributed by atoms with van der Waals surface area (Å²) >= 11 is 4.14. The van der Waals surface area contributed by atoms with Crippen LogP contribution in [0.3, 0.4) is 0 Å². The highest BCUT2D eigenvalue weighted by atomic mass is 32.2. The first kappa shape index (κ1) is 12.0. The highest BCUT2D eigenvalue weighted by Crippen LogP contribution is 2.27. The number of thiol groups is 1. The summed E-state index contributed by atoms with van der Waals surface area (Å²) in [4.78, 5) is 0.480. The van der Waals surface area contributed by atoms with Crippen molar-refractivity contribution in [2.75, 3.05) is 11.5 Å². The van der Waals surface area contributed by atoms with Gasteiger partial charge >= 0.3 is 0 Å². The third-order valence-corrected chi connectivity index (χ3v) is 5.19. The monoisotopic (exact) mass is 257 g/mol. The van der Waals surface area contributed by atoms with Crippen molar-refractivity contribution in [3.63, 3.8) is 0 Å². The average molecular weight is 257 g/mol. The number of sulfone groups is 1. The zero-order chi connectivity index (χ0) is 11.8. The Morgan fingerprint density at radius 3 is 2.88 bits per heavy atom. The van der Waals surface area contributed by atoms with Crippen molar-refractivity contribution in [1.82, 2.24) is 0 Å². The van der Waals surface area contributed by atoms with E-state index in [9.17, 15) is 8.42 Å². The molecule has 1 aliphatic rings. The fourth-order valence-corrected chi connectivity index (χ4v) is 3.79. The van der Waals surface area contributed by atoms with E-state index in [1.807, 2.05) is 6.07 Å². The number of fused-ring (bicyclic) bond motifs is 1. The molecule has 0 saturated heterocycles. The number of rotatable bonds is 2. The minimum absolute atomic E-state index is 0.127. The number of hydrogen-bond acceptors (Lipinski definition) is 4. The van der Waals surface area contributed by atoms with E-state index in [2.05, 4.69) is 12.6 Å². The van der Waals surface area contributed by atoms with Crippen LogP contribution in [0.25, 0.3) is 0 Å². The molecule has 1 atom stereocenters. The topological polar surface area (TPSA) is 60.2 Å². The summed E-state index contributed by atoms with van der Waals surface area (Å²) in [7, 11) is -3.05. The first-order chi connectivity index (χ1) is 7.54. The van der Waals surface area contributed by atoms with E-state index in [0.29, 0.717) is 17.1 Å². The van der Waals surface area contributed by atoms with Crippen LogP contribution in [-0.4, -0.2) is 19.9 Å². The largest absolute Gasteiger partial charge is 0.323 e. The van der Waals surface area contributed by atoms with Gasteiger partial charge < -0.3 is 5.73 Å². The van der Waals surface area contributed by atoms with Gasteiger partial charge in [0.15, 0.2) is 9.84 Å². The van der Waals surface area contributed by atoms with Gasteiger partial charge in [-0.3, -0.25) is 0 Å². The van der Waals surface area contributed by atoms with Crippen LogP contribution in [0.15, 0.2) is 23.1 Å². The Balaban J connectivity index is 2.48. The molecule has 1 aromatic carbocycles. The molecule has 0 amide bonds. The second-order valence-electron chi connectivity index (χ2n) is 4.08. The molecule has 1 aliphatic heterocycles. The van der Waals surface area contributed by atoms with Crippen LogP contribution in [0.1, 0.15) is 23.6 Å². The Morgan fingerprint density at radius 1 is 1.44 bits per heavy atom. The quantitative estimate of drug-likeness (QED) is 0.786. The van der Waals surface area contributed by atoms with Gasteiger partial charge in [0.25, 0.3) is 0 Å². The predicted molar refractivity (Wildman–Crippen MR) is 67.6 cm³/mol. The van der Waals surface area contributed by atoms with Crippen molar-refractivity contribution in [1.29, 1.82) is 0 Å². The molecular weight excluding hydrogens is 242 g/mol. The third-order valence-electron chi connectivity index (χ3n) is 2.90. The van der Waals surface area contributed by atoms with Gasteiger partial charge in [-0.15, -0.1) is 0 Å². The van der Waals surface area contributed by atoms with Crippen LogP contribution in [-0.2, 0) is 16.3 Å². The average Bonchev–Trinajstić information content (AvgIpc) is 2.27. The lowest BCUT2D eigenvalue weighted by atomic mass is 10.0. The molecule has 0 aromatic heterocycles. The number of aryl methyl sites for hydroxylation is 1. The number of benzene rings is 1. The minimum atomic E-state index is -3.05. The molecule has 1 aromatic rings. The van der Waals surface area contributed by atoms with Crippen LogP contribution in [0.5, 0.6) is 0 Å². The van der Waals surface area contributed by atoms with Crippen molar-refractivity contribution in [3.05, 3.63) is 29.3 Å². The summed E-state index contributed by atoms with van der Waals surface area (Å²) < 4.78 is 23.6. The van der Waals surface area contributed by atoms with E-state index in [1.165, 1.54) is 0 Å². The smallest absolute Gasteiger partial charge is 0.178 e. The lowest BCUT2D eigenvalue weighted by Gasteiger charge is -2.18. The molecule has 0 fully saturated rings. The predicted octanol–water partition coefficient (Wildman–Crippen LogP) is 1.34. The maximum Gasteiger partial charge on any atom is 0.178 e. The van der Waals surface area contributed by atoms with E-state index < -0.39 is 9.84 Å². The van der Waals surface area contributed by atoms with Gasteiger partial charge in [-0.1, -0.05) is 12.1 Å². The van der Waals surface area contributed by atoms with Crippen LogP contribution >= 0.6 is 12.6 Å². The third kappa shape index (κ3) is 2.12. The molecule has 0 bridgehead atoms. The normalized spacial score (nSPS) is 20.1. The molecule has 2 N–H and O–H groups in total. The van der Waals surface area contributed by atoms with Crippen molar-refractivity contribution >= 4 is 22.5 Å². The van der Waals surface area contributed by atoms with Gasteiger partial charge in [0.2, 0.25) is 0 Å². The Bertz CT molecular complexity index is 497. The van der Waals surface area contributed by atoms with Crippen molar-refractivity contribution in [2.45, 2.75) is 23.8 Å². The fraction of sp³-hybridized carbons (Fsp3) is 0.455. The summed E-state index contributed by atoms with van der Waals surface area (Å²) in [5.74, 6) is 0.823. The summed E-state index contributed by atoms with van der Waals surface area (Å²) in [5, 5.41) is 0. The van der Waals surface area contributed by atoms with Gasteiger partial charge in [0.1, 0.15) is 0 Å². The van der Waals surface area contributed by atoms with E-state index in [1.54, 1.807) is 12.1 Å². The van der Waals surface area contributed by atoms with Crippen LogP contribution in [0.2, 0.25) is 0 Å². The molecule has 0 saturated carbocycles. The molecule has 5 heteroatoms. The molecule has 2 rings (SSSR count). The van der Waals surface area contributed by atoms with E-state index in [4.69, 9.17) is 5.73 Å². The highest BCUT2D eigenvalue weighted by molar-refractivity contribution is 7.91. The molecule has 1 heterocycles. The maximum absolute atomic E-state index is 11.8. The van der Waals surface area contributed by atoms with Gasteiger partial charge in [0, 0.05) is 11.8 Å². The Morgan fingerprint density at radius 2 is 2.19 bits per heavy atom. The van der Waals surface area contributed by atoms with Crippen molar-refractivity contribution in [3.8, 4) is 0 Å². The first-order valence-electron chi connectivity index (χ1n) is 5.26. The number of nitrogens with two attached hydrogens (primary N) is 1. The molecule has 88 valence electrons. The van der Waals surface area contributed by atoms with E-state index in [0.717, 1.165) is 17.5 Å². The van der Waals surface area contributed by atoms with Gasteiger partial charge in [-0.05, 0) is 30.0 Å². The lowest BCUT2D eigenvalue weighted by Crippen LogP contribution is -2.18.